The fourth-order valence-corrected chi connectivity index (χ4v) is 2.54. The third-order valence-electron chi connectivity index (χ3n) is 3.59. The standard InChI is InChI=1S/C18H19N3/c1-19-13-15-12-14-8-6-7-11-17(14)18(20-15)21(2)16-9-4-3-5-10-16/h3-12,19H,13H2,1-2H3. The van der Waals surface area contributed by atoms with Gasteiger partial charge in [0.1, 0.15) is 5.82 Å². The lowest BCUT2D eigenvalue weighted by Crippen LogP contribution is -2.14. The number of nitrogens with zero attached hydrogens (tertiary/aromatic N) is 2. The van der Waals surface area contributed by atoms with Gasteiger partial charge < -0.3 is 10.2 Å². The number of aromatic nitrogens is 1. The molecule has 3 nitrogen and oxygen atoms in total. The highest BCUT2D eigenvalue weighted by atomic mass is 15.2. The molecule has 0 bridgehead atoms. The van der Waals surface area contributed by atoms with E-state index in [2.05, 4.69) is 59.7 Å². The summed E-state index contributed by atoms with van der Waals surface area (Å²) in [6, 6.07) is 20.9. The Bertz CT molecular complexity index is 738. The van der Waals surface area contributed by atoms with E-state index in [1.54, 1.807) is 0 Å². The molecule has 0 saturated carbocycles. The van der Waals surface area contributed by atoms with Gasteiger partial charge in [-0.1, -0.05) is 42.5 Å². The van der Waals surface area contributed by atoms with Gasteiger partial charge in [-0.05, 0) is 30.6 Å². The van der Waals surface area contributed by atoms with Crippen LogP contribution >= 0.6 is 0 Å². The molecule has 0 radical (unpaired) electrons. The van der Waals surface area contributed by atoms with Crippen LogP contribution in [0.3, 0.4) is 0 Å². The molecule has 0 atom stereocenters. The van der Waals surface area contributed by atoms with E-state index in [4.69, 9.17) is 4.98 Å². The molecule has 0 spiro atoms. The normalized spacial score (nSPS) is 10.8. The van der Waals surface area contributed by atoms with Crippen molar-refractivity contribution in [2.24, 2.45) is 0 Å². The average molecular weight is 277 g/mol. The number of pyridine rings is 1. The lowest BCUT2D eigenvalue weighted by Gasteiger charge is -2.21. The Kier molecular flexibility index (Phi) is 3.84. The number of fused-ring (bicyclic) bond motifs is 1. The molecule has 106 valence electrons. The first-order valence-corrected chi connectivity index (χ1v) is 7.11. The fourth-order valence-electron chi connectivity index (χ4n) is 2.54. The van der Waals surface area contributed by atoms with Crippen molar-refractivity contribution < 1.29 is 0 Å². The van der Waals surface area contributed by atoms with E-state index in [-0.39, 0.29) is 0 Å². The zero-order valence-electron chi connectivity index (χ0n) is 12.4. The number of rotatable bonds is 4. The second-order valence-electron chi connectivity index (χ2n) is 5.08. The number of anilines is 2. The molecule has 0 saturated heterocycles. The van der Waals surface area contributed by atoms with Crippen LogP contribution in [0.4, 0.5) is 11.5 Å². The summed E-state index contributed by atoms with van der Waals surface area (Å²) in [4.78, 5) is 6.97. The molecule has 3 aromatic rings. The topological polar surface area (TPSA) is 28.2 Å². The SMILES string of the molecule is CNCc1cc2ccccc2c(N(C)c2ccccc2)n1. The number of nitrogens with one attached hydrogen (secondary N) is 1. The van der Waals surface area contributed by atoms with E-state index in [0.29, 0.717) is 0 Å². The highest BCUT2D eigenvalue weighted by Crippen LogP contribution is 2.29. The number of hydrogen-bond acceptors (Lipinski definition) is 3. The largest absolute Gasteiger partial charge is 0.329 e. The quantitative estimate of drug-likeness (QED) is 0.787. The minimum Gasteiger partial charge on any atom is -0.329 e. The van der Waals surface area contributed by atoms with Crippen LogP contribution in [0.25, 0.3) is 10.8 Å². The summed E-state index contributed by atoms with van der Waals surface area (Å²) in [5.41, 5.74) is 2.19. The van der Waals surface area contributed by atoms with E-state index in [1.807, 2.05) is 25.2 Å². The van der Waals surface area contributed by atoms with Crippen molar-refractivity contribution in [3.05, 3.63) is 66.4 Å². The molecule has 0 fully saturated rings. The van der Waals surface area contributed by atoms with Crippen LogP contribution in [0, 0.1) is 0 Å². The molecule has 21 heavy (non-hydrogen) atoms. The number of benzene rings is 2. The van der Waals surface area contributed by atoms with Crippen LogP contribution in [0.1, 0.15) is 5.69 Å². The van der Waals surface area contributed by atoms with Gasteiger partial charge in [-0.2, -0.15) is 0 Å². The Morgan fingerprint density at radius 1 is 1.00 bits per heavy atom. The lowest BCUT2D eigenvalue weighted by atomic mass is 10.1. The molecule has 1 heterocycles. The van der Waals surface area contributed by atoms with Gasteiger partial charge in [0.15, 0.2) is 0 Å². The Hall–Kier alpha value is -2.39. The van der Waals surface area contributed by atoms with Gasteiger partial charge in [0.05, 0.1) is 5.69 Å². The van der Waals surface area contributed by atoms with E-state index in [9.17, 15) is 0 Å². The van der Waals surface area contributed by atoms with Crippen LogP contribution in [0.5, 0.6) is 0 Å². The summed E-state index contributed by atoms with van der Waals surface area (Å²) in [6.45, 7) is 0.764. The molecular weight excluding hydrogens is 258 g/mol. The molecule has 0 aliphatic rings. The van der Waals surface area contributed by atoms with Crippen molar-refractivity contribution in [1.82, 2.24) is 10.3 Å². The summed E-state index contributed by atoms with van der Waals surface area (Å²) >= 11 is 0. The van der Waals surface area contributed by atoms with Crippen LogP contribution in [0.15, 0.2) is 60.7 Å². The van der Waals surface area contributed by atoms with Crippen LogP contribution in [0.2, 0.25) is 0 Å². The fraction of sp³-hybridized carbons (Fsp3) is 0.167. The molecule has 0 aliphatic carbocycles. The van der Waals surface area contributed by atoms with Gasteiger partial charge >= 0.3 is 0 Å². The third kappa shape index (κ3) is 2.73. The third-order valence-corrected chi connectivity index (χ3v) is 3.59. The summed E-state index contributed by atoms with van der Waals surface area (Å²) in [5, 5.41) is 5.56. The predicted molar refractivity (Wildman–Crippen MR) is 89.0 cm³/mol. The van der Waals surface area contributed by atoms with E-state index < -0.39 is 0 Å². The van der Waals surface area contributed by atoms with Gasteiger partial charge in [-0.25, -0.2) is 4.98 Å². The highest BCUT2D eigenvalue weighted by Gasteiger charge is 2.11. The molecular formula is C18H19N3. The second kappa shape index (κ2) is 5.94. The first-order valence-electron chi connectivity index (χ1n) is 7.11. The maximum atomic E-state index is 4.83. The van der Waals surface area contributed by atoms with Gasteiger partial charge in [0.25, 0.3) is 0 Å². The summed E-state index contributed by atoms with van der Waals surface area (Å²) < 4.78 is 0. The number of hydrogen-bond donors (Lipinski definition) is 1. The Balaban J connectivity index is 2.15. The summed E-state index contributed by atoms with van der Waals surface area (Å²) in [5.74, 6) is 0.990. The maximum Gasteiger partial charge on any atom is 0.140 e. The molecule has 0 unspecified atom stereocenters. The van der Waals surface area contributed by atoms with Gasteiger partial charge in [0.2, 0.25) is 0 Å². The zero-order valence-corrected chi connectivity index (χ0v) is 12.4. The summed E-state index contributed by atoms with van der Waals surface area (Å²) in [6.07, 6.45) is 0. The molecule has 3 rings (SSSR count). The minimum absolute atomic E-state index is 0.764. The predicted octanol–water partition coefficient (Wildman–Crippen LogP) is 3.72. The van der Waals surface area contributed by atoms with Gasteiger partial charge in [0, 0.05) is 24.7 Å². The van der Waals surface area contributed by atoms with Gasteiger partial charge in [-0.3, -0.25) is 0 Å². The molecule has 2 aromatic carbocycles. The molecule has 0 aliphatic heterocycles. The van der Waals surface area contributed by atoms with Crippen molar-refractivity contribution in [1.29, 1.82) is 0 Å². The van der Waals surface area contributed by atoms with Crippen molar-refractivity contribution >= 4 is 22.3 Å². The van der Waals surface area contributed by atoms with Crippen molar-refractivity contribution in [3.63, 3.8) is 0 Å². The zero-order chi connectivity index (χ0) is 14.7. The van der Waals surface area contributed by atoms with Crippen LogP contribution in [-0.2, 0) is 6.54 Å². The van der Waals surface area contributed by atoms with Crippen molar-refractivity contribution in [2.75, 3.05) is 19.0 Å². The van der Waals surface area contributed by atoms with Crippen molar-refractivity contribution in [3.8, 4) is 0 Å². The summed E-state index contributed by atoms with van der Waals surface area (Å²) in [7, 11) is 4.00. The molecule has 3 heteroatoms. The van der Waals surface area contributed by atoms with Gasteiger partial charge in [-0.15, -0.1) is 0 Å². The molecule has 1 N–H and O–H groups in total. The molecule has 1 aromatic heterocycles. The average Bonchev–Trinajstić information content (AvgIpc) is 2.54. The monoisotopic (exact) mass is 277 g/mol. The lowest BCUT2D eigenvalue weighted by molar-refractivity contribution is 0.792. The van der Waals surface area contributed by atoms with E-state index in [1.165, 1.54) is 10.8 Å². The Morgan fingerprint density at radius 3 is 2.48 bits per heavy atom. The Morgan fingerprint density at radius 2 is 1.71 bits per heavy atom. The number of para-hydroxylation sites is 1. The first kappa shape index (κ1) is 13.6. The molecule has 0 amide bonds. The first-order chi connectivity index (χ1) is 10.3. The van der Waals surface area contributed by atoms with E-state index in [0.717, 1.165) is 23.7 Å². The van der Waals surface area contributed by atoms with Crippen molar-refractivity contribution in [2.45, 2.75) is 6.54 Å². The van der Waals surface area contributed by atoms with E-state index >= 15 is 0 Å². The van der Waals surface area contributed by atoms with Crippen LogP contribution in [-0.4, -0.2) is 19.1 Å². The minimum atomic E-state index is 0.764. The maximum absolute atomic E-state index is 4.83. The Labute approximate surface area is 125 Å². The smallest absolute Gasteiger partial charge is 0.140 e. The highest BCUT2D eigenvalue weighted by molar-refractivity contribution is 5.94. The van der Waals surface area contributed by atoms with Crippen LogP contribution < -0.4 is 10.2 Å². The second-order valence-corrected chi connectivity index (χ2v) is 5.08.